The topological polar surface area (TPSA) is 150 Å². The van der Waals surface area contributed by atoms with Gasteiger partial charge in [-0.05, 0) is 20.3 Å². The molecule has 0 aromatic carbocycles. The van der Waals surface area contributed by atoms with Gasteiger partial charge in [-0.2, -0.15) is 4.90 Å². The van der Waals surface area contributed by atoms with Crippen LogP contribution in [0, 0.1) is 16.3 Å². The van der Waals surface area contributed by atoms with Gasteiger partial charge in [0.15, 0.2) is 5.71 Å². The molecule has 0 heterocycles. The number of hydrogen-bond acceptors (Lipinski definition) is 7. The molecule has 1 aliphatic rings. The van der Waals surface area contributed by atoms with Crippen molar-refractivity contribution in [3.63, 3.8) is 0 Å². The Kier molecular flexibility index (Phi) is 9.11. The second-order valence-corrected chi connectivity index (χ2v) is 5.52. The molecule has 0 amide bonds. The monoisotopic (exact) mass is 327 g/mol. The van der Waals surface area contributed by atoms with Gasteiger partial charge in [-0.1, -0.05) is 11.1 Å². The standard InChI is InChI=1S/C13H22NO7.Na/c1-6-3-8(9(14(20)21)4-7(6)2)11(17)13(19)12(18)10(16)5-15;/h8,10-13,15-19H,3-5H2,1-2H3;/q-1;+1/t8-,10-,11+,12+,13-;/m1./s1. The van der Waals surface area contributed by atoms with Crippen LogP contribution >= 0.6 is 0 Å². The van der Waals surface area contributed by atoms with Crippen molar-refractivity contribution in [2.75, 3.05) is 6.61 Å². The fourth-order valence-electron chi connectivity index (χ4n) is 2.47. The van der Waals surface area contributed by atoms with Crippen LogP contribution in [0.25, 0.3) is 0 Å². The number of allylic oxidation sites excluding steroid dienone is 2. The Balaban J connectivity index is 0.00000441. The van der Waals surface area contributed by atoms with Crippen LogP contribution < -0.4 is 29.6 Å². The van der Waals surface area contributed by atoms with E-state index in [4.69, 9.17) is 5.11 Å². The van der Waals surface area contributed by atoms with E-state index in [9.17, 15) is 30.8 Å². The van der Waals surface area contributed by atoms with Crippen molar-refractivity contribution in [3.8, 4) is 0 Å². The number of hydrogen-bond donors (Lipinski definition) is 5. The van der Waals surface area contributed by atoms with Gasteiger partial charge in [0, 0.05) is 0 Å². The summed E-state index contributed by atoms with van der Waals surface area (Å²) in [7, 11) is 0. The summed E-state index contributed by atoms with van der Waals surface area (Å²) < 4.78 is 0. The van der Waals surface area contributed by atoms with Crippen molar-refractivity contribution in [2.45, 2.75) is 51.1 Å². The minimum atomic E-state index is -1.79. The summed E-state index contributed by atoms with van der Waals surface area (Å²) in [6.45, 7) is 2.76. The molecule has 0 saturated carbocycles. The Morgan fingerprint density at radius 3 is 2.09 bits per heavy atom. The molecule has 1 rings (SSSR count). The second-order valence-electron chi connectivity index (χ2n) is 5.52. The zero-order valence-electron chi connectivity index (χ0n) is 13.0. The van der Waals surface area contributed by atoms with Crippen LogP contribution in [-0.2, 0) is 0 Å². The van der Waals surface area contributed by atoms with Crippen LogP contribution in [0.1, 0.15) is 26.7 Å². The Labute approximate surface area is 150 Å². The van der Waals surface area contributed by atoms with Gasteiger partial charge in [0.05, 0.1) is 25.0 Å². The molecular formula is C13H22NNaO7. The first-order valence-corrected chi connectivity index (χ1v) is 6.69. The fourth-order valence-corrected chi connectivity index (χ4v) is 2.47. The zero-order chi connectivity index (χ0) is 16.3. The maximum atomic E-state index is 11.1. The summed E-state index contributed by atoms with van der Waals surface area (Å²) in [5, 5.41) is 69.9. The third-order valence-electron chi connectivity index (χ3n) is 4.06. The van der Waals surface area contributed by atoms with Crippen molar-refractivity contribution >= 4 is 5.71 Å². The van der Waals surface area contributed by atoms with Gasteiger partial charge < -0.3 is 35.9 Å². The Bertz CT molecular complexity index is 436. The molecule has 0 aromatic rings. The summed E-state index contributed by atoms with van der Waals surface area (Å²) in [5.74, 6) is -0.945. The third kappa shape index (κ3) is 4.90. The normalized spacial score (nSPS) is 24.3. The Hall–Kier alpha value is -0.190. The van der Waals surface area contributed by atoms with Gasteiger partial charge in [0.2, 0.25) is 0 Å². The van der Waals surface area contributed by atoms with Gasteiger partial charge >= 0.3 is 29.6 Å². The van der Waals surface area contributed by atoms with Crippen molar-refractivity contribution in [1.82, 2.24) is 0 Å². The van der Waals surface area contributed by atoms with E-state index in [0.717, 1.165) is 11.1 Å². The molecule has 0 aromatic heterocycles. The maximum Gasteiger partial charge on any atom is 1.00 e. The smallest absolute Gasteiger partial charge is 0.612 e. The molecule has 0 fully saturated rings. The van der Waals surface area contributed by atoms with Gasteiger partial charge in [-0.15, -0.1) is 0 Å². The van der Waals surface area contributed by atoms with Gasteiger partial charge in [0.1, 0.15) is 18.3 Å². The minimum absolute atomic E-state index is 0. The van der Waals surface area contributed by atoms with Crippen molar-refractivity contribution in [1.29, 1.82) is 0 Å². The Morgan fingerprint density at radius 2 is 1.64 bits per heavy atom. The van der Waals surface area contributed by atoms with E-state index in [1.54, 1.807) is 13.8 Å². The quantitative estimate of drug-likeness (QED) is 0.148. The van der Waals surface area contributed by atoms with Gasteiger partial charge in [-0.25, -0.2) is 0 Å². The van der Waals surface area contributed by atoms with E-state index < -0.39 is 41.8 Å². The van der Waals surface area contributed by atoms with E-state index in [2.05, 4.69) is 0 Å². The average Bonchev–Trinajstić information content (AvgIpc) is 2.46. The molecule has 22 heavy (non-hydrogen) atoms. The first-order valence-electron chi connectivity index (χ1n) is 6.69. The molecule has 5 N–H and O–H groups in total. The summed E-state index contributed by atoms with van der Waals surface area (Å²) in [4.78, 5) is -0.578. The van der Waals surface area contributed by atoms with Gasteiger partial charge in [0.25, 0.3) is 0 Å². The summed E-state index contributed by atoms with van der Waals surface area (Å²) in [6.07, 6.45) is -6.53. The minimum Gasteiger partial charge on any atom is -0.612 e. The third-order valence-corrected chi connectivity index (χ3v) is 4.06. The van der Waals surface area contributed by atoms with Crippen molar-refractivity contribution < 1.29 is 60.0 Å². The van der Waals surface area contributed by atoms with Crippen LogP contribution in [-0.4, -0.2) is 67.2 Å². The van der Waals surface area contributed by atoms with E-state index in [1.165, 1.54) is 0 Å². The Morgan fingerprint density at radius 1 is 1.09 bits per heavy atom. The van der Waals surface area contributed by atoms with Crippen LogP contribution in [0.3, 0.4) is 0 Å². The summed E-state index contributed by atoms with van der Waals surface area (Å²) in [6, 6.07) is 0. The predicted molar refractivity (Wildman–Crippen MR) is 74.2 cm³/mol. The number of nitrogens with zero attached hydrogens (tertiary/aromatic N) is 1. The van der Waals surface area contributed by atoms with Crippen LogP contribution in [0.2, 0.25) is 0 Å². The number of aliphatic hydroxyl groups is 5. The summed E-state index contributed by atoms with van der Waals surface area (Å²) >= 11 is 0. The van der Waals surface area contributed by atoms with E-state index >= 15 is 0 Å². The molecule has 5 atom stereocenters. The molecular weight excluding hydrogens is 305 g/mol. The van der Waals surface area contributed by atoms with Crippen molar-refractivity contribution in [3.05, 3.63) is 21.6 Å². The van der Waals surface area contributed by atoms with E-state index in [-0.39, 0.29) is 48.1 Å². The molecule has 0 unspecified atom stereocenters. The zero-order valence-corrected chi connectivity index (χ0v) is 15.0. The van der Waals surface area contributed by atoms with Gasteiger partial charge in [-0.3, -0.25) is 0 Å². The van der Waals surface area contributed by atoms with E-state index in [0.29, 0.717) is 0 Å². The molecule has 1 aliphatic carbocycles. The van der Waals surface area contributed by atoms with Crippen LogP contribution in [0.4, 0.5) is 0 Å². The largest absolute Gasteiger partial charge is 1.00 e. The molecule has 8 nitrogen and oxygen atoms in total. The first-order chi connectivity index (χ1) is 9.70. The van der Waals surface area contributed by atoms with Crippen molar-refractivity contribution in [2.24, 2.45) is 5.92 Å². The number of rotatable bonds is 5. The molecule has 0 bridgehead atoms. The SMILES string of the molecule is CC1=C(C)C[C@@H]([C@H](O)[C@@H](O)[C@@H](O)[C@H](O)CO)C(=[N+]([O-])[O-])C1.[Na+]. The molecule has 0 radical (unpaired) electrons. The van der Waals surface area contributed by atoms with E-state index in [1.807, 2.05) is 0 Å². The number of aliphatic hydroxyl groups excluding tert-OH is 5. The molecule has 9 heteroatoms. The molecule has 0 spiro atoms. The average molecular weight is 327 g/mol. The predicted octanol–water partition coefficient (Wildman–Crippen LogP) is -4.38. The van der Waals surface area contributed by atoms with Crippen LogP contribution in [0.5, 0.6) is 0 Å². The first kappa shape index (κ1) is 21.8. The second kappa shape index (κ2) is 9.19. The maximum absolute atomic E-state index is 11.1. The molecule has 0 aliphatic heterocycles. The fraction of sp³-hybridized carbons (Fsp3) is 0.769. The molecule has 122 valence electrons. The summed E-state index contributed by atoms with van der Waals surface area (Å²) in [5.41, 5.74) is 1.60. The van der Waals surface area contributed by atoms with Crippen LogP contribution in [0.15, 0.2) is 11.1 Å². The molecule has 0 saturated heterocycles.